The molecule has 0 saturated heterocycles. The van der Waals surface area contributed by atoms with Crippen LogP contribution in [0.5, 0.6) is 0 Å². The third-order valence-electron chi connectivity index (χ3n) is 2.20. The Morgan fingerprint density at radius 3 is 3.06 bits per heavy atom. The number of nitrogens with zero attached hydrogens (tertiary/aromatic N) is 2. The van der Waals surface area contributed by atoms with Gasteiger partial charge in [0.1, 0.15) is 0 Å². The number of nitrogens with one attached hydrogen (secondary N) is 1. The Hall–Kier alpha value is -1.52. The van der Waals surface area contributed by atoms with Crippen LogP contribution in [-0.4, -0.2) is 28.7 Å². The zero-order chi connectivity index (χ0) is 11.8. The van der Waals surface area contributed by atoms with Crippen LogP contribution in [0, 0.1) is 0 Å². The molecule has 0 bridgehead atoms. The fraction of sp³-hybridized carbons (Fsp3) is 0.636. The number of carbonyl (C=O) groups is 1. The monoisotopic (exact) mass is 225 g/mol. The van der Waals surface area contributed by atoms with E-state index in [1.165, 1.54) is 0 Å². The number of carbonyl (C=O) groups excluding carboxylic acids is 1. The smallest absolute Gasteiger partial charge is 0.305 e. The number of aryl methyl sites for hydroxylation is 1. The Morgan fingerprint density at radius 2 is 2.38 bits per heavy atom. The van der Waals surface area contributed by atoms with Gasteiger partial charge >= 0.3 is 5.97 Å². The van der Waals surface area contributed by atoms with Gasteiger partial charge in [0, 0.05) is 31.9 Å². The van der Waals surface area contributed by atoms with E-state index in [0.717, 1.165) is 25.5 Å². The van der Waals surface area contributed by atoms with Crippen molar-refractivity contribution in [3.05, 3.63) is 12.4 Å². The highest BCUT2D eigenvalue weighted by molar-refractivity contribution is 5.69. The fourth-order valence-electron chi connectivity index (χ4n) is 1.40. The molecule has 0 spiro atoms. The number of hydrogen-bond acceptors (Lipinski definition) is 4. The first-order valence-corrected chi connectivity index (χ1v) is 5.68. The molecule has 0 fully saturated rings. The Labute approximate surface area is 95.8 Å². The van der Waals surface area contributed by atoms with E-state index in [-0.39, 0.29) is 5.97 Å². The lowest BCUT2D eigenvalue weighted by Gasteiger charge is -2.07. The van der Waals surface area contributed by atoms with Crippen LogP contribution < -0.4 is 5.32 Å². The molecule has 1 aromatic heterocycles. The van der Waals surface area contributed by atoms with Gasteiger partial charge in [0.05, 0.1) is 6.61 Å². The normalized spacial score (nSPS) is 10.1. The summed E-state index contributed by atoms with van der Waals surface area (Å²) in [6.07, 6.45) is 4.90. The first-order chi connectivity index (χ1) is 7.77. The molecule has 0 radical (unpaired) electrons. The predicted octanol–water partition coefficient (Wildman–Crippen LogP) is 1.66. The van der Waals surface area contributed by atoms with Crippen LogP contribution in [0.2, 0.25) is 0 Å². The number of hydrogen-bond donors (Lipinski definition) is 1. The topological polar surface area (TPSA) is 56.1 Å². The number of imidazole rings is 1. The van der Waals surface area contributed by atoms with E-state index in [9.17, 15) is 4.79 Å². The first kappa shape index (κ1) is 12.5. The SMILES string of the molecule is CCOC(=O)CCCNc1nccn1CC. The minimum absolute atomic E-state index is 0.136. The summed E-state index contributed by atoms with van der Waals surface area (Å²) in [6.45, 7) is 5.95. The summed E-state index contributed by atoms with van der Waals surface area (Å²) in [5.41, 5.74) is 0. The highest BCUT2D eigenvalue weighted by Crippen LogP contribution is 2.04. The number of esters is 1. The van der Waals surface area contributed by atoms with E-state index in [0.29, 0.717) is 13.0 Å². The minimum atomic E-state index is -0.136. The molecule has 1 aromatic rings. The summed E-state index contributed by atoms with van der Waals surface area (Å²) < 4.78 is 6.85. The Morgan fingerprint density at radius 1 is 1.56 bits per heavy atom. The molecule has 0 aromatic carbocycles. The maximum Gasteiger partial charge on any atom is 0.305 e. The zero-order valence-electron chi connectivity index (χ0n) is 9.90. The minimum Gasteiger partial charge on any atom is -0.466 e. The van der Waals surface area contributed by atoms with Gasteiger partial charge in [-0.3, -0.25) is 4.79 Å². The van der Waals surface area contributed by atoms with Crippen molar-refractivity contribution in [2.45, 2.75) is 33.2 Å². The van der Waals surface area contributed by atoms with Crippen LogP contribution in [0.3, 0.4) is 0 Å². The zero-order valence-corrected chi connectivity index (χ0v) is 9.90. The summed E-state index contributed by atoms with van der Waals surface area (Å²) in [6, 6.07) is 0. The molecular weight excluding hydrogens is 206 g/mol. The molecule has 1 N–H and O–H groups in total. The maximum atomic E-state index is 11.1. The second-order valence-corrected chi connectivity index (χ2v) is 3.37. The van der Waals surface area contributed by atoms with E-state index in [1.807, 2.05) is 17.7 Å². The lowest BCUT2D eigenvalue weighted by molar-refractivity contribution is -0.143. The van der Waals surface area contributed by atoms with E-state index in [4.69, 9.17) is 4.74 Å². The lowest BCUT2D eigenvalue weighted by atomic mass is 10.3. The summed E-state index contributed by atoms with van der Waals surface area (Å²) in [4.78, 5) is 15.2. The molecular formula is C11H19N3O2. The molecule has 16 heavy (non-hydrogen) atoms. The van der Waals surface area contributed by atoms with Crippen LogP contribution >= 0.6 is 0 Å². The van der Waals surface area contributed by atoms with E-state index < -0.39 is 0 Å². The van der Waals surface area contributed by atoms with Gasteiger partial charge in [0.25, 0.3) is 0 Å². The quantitative estimate of drug-likeness (QED) is 0.566. The first-order valence-electron chi connectivity index (χ1n) is 5.68. The van der Waals surface area contributed by atoms with Crippen LogP contribution in [-0.2, 0) is 16.1 Å². The van der Waals surface area contributed by atoms with Gasteiger partial charge in [-0.05, 0) is 20.3 Å². The summed E-state index contributed by atoms with van der Waals surface area (Å²) in [5, 5.41) is 3.19. The van der Waals surface area contributed by atoms with Crippen molar-refractivity contribution in [1.29, 1.82) is 0 Å². The average molecular weight is 225 g/mol. The molecule has 0 aliphatic heterocycles. The average Bonchev–Trinajstić information content (AvgIpc) is 2.72. The Balaban J connectivity index is 2.18. The van der Waals surface area contributed by atoms with Gasteiger partial charge in [-0.2, -0.15) is 0 Å². The molecule has 1 rings (SSSR count). The van der Waals surface area contributed by atoms with Crippen molar-refractivity contribution in [2.75, 3.05) is 18.5 Å². The highest BCUT2D eigenvalue weighted by Gasteiger charge is 2.02. The second kappa shape index (κ2) is 6.87. The molecule has 5 heteroatoms. The third kappa shape index (κ3) is 3.92. The Kier molecular flexibility index (Phi) is 5.39. The van der Waals surface area contributed by atoms with Crippen molar-refractivity contribution >= 4 is 11.9 Å². The van der Waals surface area contributed by atoms with Crippen LogP contribution in [0.1, 0.15) is 26.7 Å². The number of rotatable bonds is 7. The lowest BCUT2D eigenvalue weighted by Crippen LogP contribution is -2.11. The van der Waals surface area contributed by atoms with Crippen molar-refractivity contribution in [3.63, 3.8) is 0 Å². The Bertz CT molecular complexity index is 323. The van der Waals surface area contributed by atoms with Gasteiger partial charge < -0.3 is 14.6 Å². The summed E-state index contributed by atoms with van der Waals surface area (Å²) in [5.74, 6) is 0.717. The van der Waals surface area contributed by atoms with Crippen LogP contribution in [0.4, 0.5) is 5.95 Å². The molecule has 0 amide bonds. The van der Waals surface area contributed by atoms with E-state index in [2.05, 4.69) is 17.2 Å². The van der Waals surface area contributed by atoms with Crippen LogP contribution in [0.15, 0.2) is 12.4 Å². The van der Waals surface area contributed by atoms with Crippen LogP contribution in [0.25, 0.3) is 0 Å². The number of aromatic nitrogens is 2. The summed E-state index contributed by atoms with van der Waals surface area (Å²) >= 11 is 0. The fourth-order valence-corrected chi connectivity index (χ4v) is 1.40. The predicted molar refractivity (Wildman–Crippen MR) is 62.3 cm³/mol. The molecule has 90 valence electrons. The molecule has 0 saturated carbocycles. The van der Waals surface area contributed by atoms with E-state index in [1.54, 1.807) is 6.20 Å². The molecule has 0 aliphatic rings. The largest absolute Gasteiger partial charge is 0.466 e. The van der Waals surface area contributed by atoms with Gasteiger partial charge in [-0.25, -0.2) is 4.98 Å². The second-order valence-electron chi connectivity index (χ2n) is 3.37. The standard InChI is InChI=1S/C11H19N3O2/c1-3-14-9-8-13-11(14)12-7-5-6-10(15)16-4-2/h8-9H,3-7H2,1-2H3,(H,12,13). The molecule has 0 aliphatic carbocycles. The number of ether oxygens (including phenoxy) is 1. The molecule has 0 unspecified atom stereocenters. The van der Waals surface area contributed by atoms with E-state index >= 15 is 0 Å². The van der Waals surface area contributed by atoms with Crippen molar-refractivity contribution < 1.29 is 9.53 Å². The van der Waals surface area contributed by atoms with Gasteiger partial charge in [0.2, 0.25) is 5.95 Å². The number of anilines is 1. The summed E-state index contributed by atoms with van der Waals surface area (Å²) in [7, 11) is 0. The van der Waals surface area contributed by atoms with Gasteiger partial charge in [-0.15, -0.1) is 0 Å². The van der Waals surface area contributed by atoms with Crippen molar-refractivity contribution in [3.8, 4) is 0 Å². The molecule has 1 heterocycles. The molecule has 0 atom stereocenters. The highest BCUT2D eigenvalue weighted by atomic mass is 16.5. The van der Waals surface area contributed by atoms with Gasteiger partial charge in [-0.1, -0.05) is 0 Å². The third-order valence-corrected chi connectivity index (χ3v) is 2.20. The van der Waals surface area contributed by atoms with Crippen molar-refractivity contribution in [2.24, 2.45) is 0 Å². The van der Waals surface area contributed by atoms with Gasteiger partial charge in [0.15, 0.2) is 0 Å². The maximum absolute atomic E-state index is 11.1. The van der Waals surface area contributed by atoms with Crippen molar-refractivity contribution in [1.82, 2.24) is 9.55 Å². The molecule has 5 nitrogen and oxygen atoms in total.